The Morgan fingerprint density at radius 2 is 1.04 bits per heavy atom. The second-order valence-corrected chi connectivity index (χ2v) is 16.3. The number of benzene rings is 2. The van der Waals surface area contributed by atoms with Gasteiger partial charge < -0.3 is 35.8 Å². The summed E-state index contributed by atoms with van der Waals surface area (Å²) in [6.45, 7) is 14.8. The van der Waals surface area contributed by atoms with Gasteiger partial charge in [-0.25, -0.2) is 29.3 Å². The molecule has 5 amide bonds. The van der Waals surface area contributed by atoms with Gasteiger partial charge in [-0.2, -0.15) is 23.5 Å². The summed E-state index contributed by atoms with van der Waals surface area (Å²) in [5.74, 6) is 1.65. The number of aliphatic imine (C=N–C) groups is 2. The van der Waals surface area contributed by atoms with Crippen LogP contribution in [0, 0.1) is 0 Å². The van der Waals surface area contributed by atoms with E-state index >= 15 is 0 Å². The molecule has 17 heteroatoms. The van der Waals surface area contributed by atoms with Gasteiger partial charge in [0.15, 0.2) is 0 Å². The van der Waals surface area contributed by atoms with Gasteiger partial charge in [-0.1, -0.05) is 38.1 Å². The molecule has 0 aliphatic heterocycles. The fourth-order valence-electron chi connectivity index (χ4n) is 4.15. The van der Waals surface area contributed by atoms with E-state index in [2.05, 4.69) is 31.3 Å². The molecule has 0 heterocycles. The number of carbonyl (C=O) groups is 5. The van der Waals surface area contributed by atoms with Crippen LogP contribution in [0.3, 0.4) is 0 Å². The van der Waals surface area contributed by atoms with Gasteiger partial charge in [-0.05, 0) is 88.4 Å². The zero-order valence-electron chi connectivity index (χ0n) is 32.1. The fraction of sp³-hybridized carbons (Fsp3) is 0.486. The Morgan fingerprint density at radius 1 is 0.685 bits per heavy atom. The number of ether oxygens (including phenoxy) is 2. The first-order valence-electron chi connectivity index (χ1n) is 17.4. The Morgan fingerprint density at radius 3 is 1.33 bits per heavy atom. The minimum Gasteiger partial charge on any atom is -0.464 e. The van der Waals surface area contributed by atoms with Gasteiger partial charge in [0.05, 0.1) is 11.4 Å². The van der Waals surface area contributed by atoms with E-state index in [-0.39, 0.29) is 24.9 Å². The van der Waals surface area contributed by atoms with Gasteiger partial charge in [-0.15, -0.1) is 0 Å². The lowest BCUT2D eigenvalue weighted by atomic mass is 10.2. The zero-order valence-corrected chi connectivity index (χ0v) is 33.8. The molecule has 0 unspecified atom stereocenters. The molecule has 0 aliphatic rings. The molecule has 2 aromatic carbocycles. The van der Waals surface area contributed by atoms with E-state index in [4.69, 9.17) is 9.47 Å². The van der Waals surface area contributed by atoms with E-state index in [9.17, 15) is 29.1 Å². The van der Waals surface area contributed by atoms with E-state index in [1.54, 1.807) is 90.1 Å². The summed E-state index contributed by atoms with van der Waals surface area (Å²) in [6, 6.07) is 12.1. The minimum absolute atomic E-state index is 0.204. The molecule has 0 saturated heterocycles. The van der Waals surface area contributed by atoms with Crippen LogP contribution < -0.4 is 21.3 Å². The number of rotatable bonds is 18. The van der Waals surface area contributed by atoms with Gasteiger partial charge in [0.2, 0.25) is 11.8 Å². The number of nitrogens with zero attached hydrogens (tertiary/aromatic N) is 3. The molecule has 0 fully saturated rings. The van der Waals surface area contributed by atoms with Crippen LogP contribution in [0.2, 0.25) is 0 Å². The lowest BCUT2D eigenvalue weighted by Crippen LogP contribution is -2.49. The molecule has 5 N–H and O–H groups in total. The van der Waals surface area contributed by atoms with Crippen molar-refractivity contribution >= 4 is 77.7 Å². The van der Waals surface area contributed by atoms with E-state index in [0.29, 0.717) is 22.9 Å². The molecule has 0 spiro atoms. The summed E-state index contributed by atoms with van der Waals surface area (Å²) in [7, 11) is 0. The van der Waals surface area contributed by atoms with Crippen molar-refractivity contribution in [3.63, 3.8) is 0 Å². The largest absolute Gasteiger partial charge is 0.464 e. The smallest absolute Gasteiger partial charge is 0.417 e. The number of carboxylic acid groups (broad SMARTS) is 1. The van der Waals surface area contributed by atoms with Crippen LogP contribution in [-0.4, -0.2) is 99.1 Å². The molecule has 15 nitrogen and oxygen atoms in total. The molecule has 2 aromatic rings. The van der Waals surface area contributed by atoms with Gasteiger partial charge in [-0.3, -0.25) is 9.59 Å². The molecular formula is C37H53N7O8S2. The number of carbonyl (C=O) groups excluding carboxylic acids is 4. The molecule has 2 rings (SSSR count). The Labute approximate surface area is 325 Å². The number of alkyl carbamates (subject to hydrolysis) is 2. The highest BCUT2D eigenvalue weighted by molar-refractivity contribution is 7.99. The van der Waals surface area contributed by atoms with Crippen LogP contribution in [0.25, 0.3) is 0 Å². The third-order valence-corrected chi connectivity index (χ3v) is 8.64. The van der Waals surface area contributed by atoms with Crippen molar-refractivity contribution in [2.45, 2.75) is 91.8 Å². The highest BCUT2D eigenvalue weighted by atomic mass is 32.2. The highest BCUT2D eigenvalue weighted by Crippen LogP contribution is 2.16. The molecule has 0 saturated carbocycles. The maximum absolute atomic E-state index is 12.9. The van der Waals surface area contributed by atoms with Gasteiger partial charge in [0.1, 0.15) is 36.0 Å². The second-order valence-electron chi connectivity index (χ2n) is 13.7. The van der Waals surface area contributed by atoms with Gasteiger partial charge >= 0.3 is 18.3 Å². The van der Waals surface area contributed by atoms with Gasteiger partial charge in [0, 0.05) is 24.6 Å². The van der Waals surface area contributed by atoms with Crippen molar-refractivity contribution in [2.75, 3.05) is 23.0 Å². The van der Waals surface area contributed by atoms with Crippen molar-refractivity contribution in [1.82, 2.24) is 26.2 Å². The van der Waals surface area contributed by atoms with E-state index in [1.807, 2.05) is 13.8 Å². The van der Waals surface area contributed by atoms with Crippen molar-refractivity contribution < 1.29 is 38.6 Å². The third-order valence-electron chi connectivity index (χ3n) is 6.68. The number of hydrogen-bond donors (Lipinski definition) is 5. The lowest BCUT2D eigenvalue weighted by Gasteiger charge is -2.23. The predicted molar refractivity (Wildman–Crippen MR) is 215 cm³/mol. The Kier molecular flexibility index (Phi) is 18.9. The summed E-state index contributed by atoms with van der Waals surface area (Å²) >= 11 is 3.04. The Balaban J connectivity index is 1.95. The fourth-order valence-corrected chi connectivity index (χ4v) is 5.56. The van der Waals surface area contributed by atoms with Crippen LogP contribution in [0.5, 0.6) is 0 Å². The number of nitrogens with one attached hydrogen (secondary N) is 4. The van der Waals surface area contributed by atoms with Crippen molar-refractivity contribution in [3.05, 3.63) is 59.7 Å². The Bertz CT molecular complexity index is 1480. The highest BCUT2D eigenvalue weighted by Gasteiger charge is 2.25. The first-order chi connectivity index (χ1) is 25.4. The van der Waals surface area contributed by atoms with Crippen LogP contribution >= 0.6 is 23.5 Å². The number of thioether (sulfide) groups is 2. The topological polar surface area (TPSA) is 200 Å². The van der Waals surface area contributed by atoms with Crippen LogP contribution in [0.4, 0.5) is 25.8 Å². The quantitative estimate of drug-likeness (QED) is 0.0855. The summed E-state index contributed by atoms with van der Waals surface area (Å²) in [6.07, 6.45) is -0.401. The maximum Gasteiger partial charge on any atom is 0.417 e. The molecule has 296 valence electrons. The van der Waals surface area contributed by atoms with Crippen LogP contribution in [0.1, 0.15) is 66.5 Å². The Hall–Kier alpha value is -4.77. The SMILES string of the molecule is CCSC[C@H](NC(=O)OC(C)(C)C)C(=O)NCc1ccc(N=CN(C=Nc2ccc(CNC(=O)[C@H](CSCC)NC(=O)OC(C)(C)C)cc2)C(=O)O)cc1. The predicted octanol–water partition coefficient (Wildman–Crippen LogP) is 6.21. The summed E-state index contributed by atoms with van der Waals surface area (Å²) in [4.78, 5) is 71.3. The average molecular weight is 788 g/mol. The molecule has 0 bridgehead atoms. The van der Waals surface area contributed by atoms with E-state index < -0.39 is 41.6 Å². The van der Waals surface area contributed by atoms with Crippen LogP contribution in [0.15, 0.2) is 58.5 Å². The summed E-state index contributed by atoms with van der Waals surface area (Å²) < 4.78 is 10.6. The van der Waals surface area contributed by atoms with Crippen LogP contribution in [-0.2, 0) is 32.2 Å². The first kappa shape index (κ1) is 45.4. The number of amides is 5. The third kappa shape index (κ3) is 18.8. The molecule has 2 atom stereocenters. The molecule has 0 radical (unpaired) electrons. The maximum atomic E-state index is 12.9. The lowest BCUT2D eigenvalue weighted by molar-refractivity contribution is -0.123. The van der Waals surface area contributed by atoms with Gasteiger partial charge in [0.25, 0.3) is 0 Å². The monoisotopic (exact) mass is 787 g/mol. The summed E-state index contributed by atoms with van der Waals surface area (Å²) in [5.41, 5.74) is 1.10. The van der Waals surface area contributed by atoms with E-state index in [1.165, 1.54) is 23.5 Å². The first-order valence-corrected chi connectivity index (χ1v) is 19.7. The molecule has 0 aliphatic carbocycles. The van der Waals surface area contributed by atoms with Crippen molar-refractivity contribution in [2.24, 2.45) is 9.98 Å². The second kappa shape index (κ2) is 22.4. The standard InChI is InChI=1S/C37H53N7O8S2/c1-9-53-21-29(42-33(47)51-36(3,4)5)31(45)38-19-25-11-15-27(16-12-25)40-23-44(35(49)50)24-41-28-17-13-26(14-18-28)20-39-32(46)30(22-54-10-2)43-34(48)52-37(6,7)8/h11-18,23-24,29-30H,9-10,19-22H2,1-8H3,(H,38,45)(H,39,46)(H,42,47)(H,43,48)(H,49,50)/t29-,30-/m0/s1. The average Bonchev–Trinajstić information content (AvgIpc) is 3.08. The molecule has 54 heavy (non-hydrogen) atoms. The van der Waals surface area contributed by atoms with Crippen molar-refractivity contribution in [1.29, 1.82) is 0 Å². The molecular weight excluding hydrogens is 735 g/mol. The normalized spacial score (nSPS) is 12.8. The zero-order chi connectivity index (χ0) is 40.3. The minimum atomic E-state index is -1.30. The van der Waals surface area contributed by atoms with Crippen molar-refractivity contribution in [3.8, 4) is 0 Å². The van der Waals surface area contributed by atoms with E-state index in [0.717, 1.165) is 40.2 Å². The number of hydrogen-bond acceptors (Lipinski definition) is 11. The molecule has 0 aromatic heterocycles. The summed E-state index contributed by atoms with van der Waals surface area (Å²) in [5, 5.41) is 20.6.